The smallest absolute Gasteiger partial charge is 0.317 e. The van der Waals surface area contributed by atoms with Crippen LogP contribution in [0.3, 0.4) is 0 Å². The Kier molecular flexibility index (Phi) is 6.50. The molecule has 2 aliphatic heterocycles. The fraction of sp³-hybridized carbons (Fsp3) is 0.941. The molecule has 0 aliphatic carbocycles. The number of likely N-dealkylation sites (tertiary alicyclic amines) is 1. The van der Waals surface area contributed by atoms with Gasteiger partial charge in [-0.25, -0.2) is 4.79 Å². The lowest BCUT2D eigenvalue weighted by Crippen LogP contribution is -2.53. The number of nitrogens with one attached hydrogen (secondary N) is 1. The van der Waals surface area contributed by atoms with Gasteiger partial charge in [0.2, 0.25) is 0 Å². The highest BCUT2D eigenvalue weighted by Crippen LogP contribution is 2.21. The predicted octanol–water partition coefficient (Wildman–Crippen LogP) is 2.32. The molecule has 2 fully saturated rings. The molecule has 0 radical (unpaired) electrons. The number of amides is 2. The minimum Gasteiger partial charge on any atom is -0.378 e. The van der Waals surface area contributed by atoms with Crippen molar-refractivity contribution in [1.82, 2.24) is 15.1 Å². The molecule has 0 unspecified atom stereocenters. The van der Waals surface area contributed by atoms with Crippen LogP contribution in [0, 0.1) is 5.92 Å². The molecule has 2 amide bonds. The Bertz CT molecular complexity index is 358. The van der Waals surface area contributed by atoms with Gasteiger partial charge in [0, 0.05) is 32.3 Å². The van der Waals surface area contributed by atoms with Crippen LogP contribution in [0.1, 0.15) is 46.0 Å². The van der Waals surface area contributed by atoms with E-state index < -0.39 is 0 Å². The normalized spacial score (nSPS) is 31.0. The fourth-order valence-corrected chi connectivity index (χ4v) is 3.76. The van der Waals surface area contributed by atoms with Crippen LogP contribution < -0.4 is 5.32 Å². The summed E-state index contributed by atoms with van der Waals surface area (Å²) < 4.78 is 5.65. The molecule has 0 bridgehead atoms. The first-order valence-corrected chi connectivity index (χ1v) is 8.81. The number of carbonyl (C=O) groups excluding carboxylic acids is 1. The standard InChI is InChI=1S/C17H33N3O2/c1-13-12-19(3)10-9-16(13)20(4)17(21)18-14(2)7-8-15-6-5-11-22-15/h13-16H,5-12H2,1-4H3,(H,18,21)/t13-,14+,15-,16+/m0/s1. The van der Waals surface area contributed by atoms with E-state index in [1.165, 1.54) is 12.8 Å². The third-order valence-electron chi connectivity index (χ3n) is 5.20. The topological polar surface area (TPSA) is 44.8 Å². The Hall–Kier alpha value is -0.810. The first-order chi connectivity index (χ1) is 10.5. The number of carbonyl (C=O) groups is 1. The van der Waals surface area contributed by atoms with Crippen molar-refractivity contribution < 1.29 is 9.53 Å². The highest BCUT2D eigenvalue weighted by Gasteiger charge is 2.30. The second-order valence-corrected chi connectivity index (χ2v) is 7.27. The fourth-order valence-electron chi connectivity index (χ4n) is 3.76. The molecule has 2 aliphatic rings. The molecule has 1 N–H and O–H groups in total. The Balaban J connectivity index is 1.72. The van der Waals surface area contributed by atoms with Gasteiger partial charge in [0.25, 0.3) is 0 Å². The summed E-state index contributed by atoms with van der Waals surface area (Å²) in [5, 5.41) is 3.15. The molecule has 4 atom stereocenters. The van der Waals surface area contributed by atoms with Crippen LogP contribution in [0.2, 0.25) is 0 Å². The zero-order valence-corrected chi connectivity index (χ0v) is 14.7. The number of piperidine rings is 1. The molecular weight excluding hydrogens is 278 g/mol. The molecule has 0 spiro atoms. The zero-order valence-electron chi connectivity index (χ0n) is 14.7. The lowest BCUT2D eigenvalue weighted by molar-refractivity contribution is 0.0967. The maximum Gasteiger partial charge on any atom is 0.317 e. The van der Waals surface area contributed by atoms with Crippen molar-refractivity contribution in [2.45, 2.75) is 64.1 Å². The van der Waals surface area contributed by atoms with E-state index in [9.17, 15) is 4.79 Å². The first kappa shape index (κ1) is 17.5. The molecule has 2 saturated heterocycles. The average molecular weight is 311 g/mol. The van der Waals surface area contributed by atoms with Crippen molar-refractivity contribution in [3.05, 3.63) is 0 Å². The number of nitrogens with zero attached hydrogens (tertiary/aromatic N) is 2. The average Bonchev–Trinajstić information content (AvgIpc) is 2.97. The SMILES string of the molecule is C[C@H](CC[C@@H]1CCCO1)NC(=O)N(C)[C@@H]1CCN(C)C[C@@H]1C. The summed E-state index contributed by atoms with van der Waals surface area (Å²) in [6.45, 7) is 7.38. The van der Waals surface area contributed by atoms with Gasteiger partial charge in [-0.05, 0) is 58.5 Å². The van der Waals surface area contributed by atoms with E-state index in [1.807, 2.05) is 11.9 Å². The van der Waals surface area contributed by atoms with Crippen LogP contribution in [0.4, 0.5) is 4.79 Å². The highest BCUT2D eigenvalue weighted by atomic mass is 16.5. The van der Waals surface area contributed by atoms with E-state index in [1.54, 1.807) is 0 Å². The van der Waals surface area contributed by atoms with Crippen molar-refractivity contribution in [3.63, 3.8) is 0 Å². The maximum absolute atomic E-state index is 12.4. The minimum atomic E-state index is 0.0706. The van der Waals surface area contributed by atoms with Crippen LogP contribution in [0.25, 0.3) is 0 Å². The van der Waals surface area contributed by atoms with Gasteiger partial charge in [-0.15, -0.1) is 0 Å². The van der Waals surface area contributed by atoms with E-state index in [-0.39, 0.29) is 12.1 Å². The van der Waals surface area contributed by atoms with Gasteiger partial charge in [0.15, 0.2) is 0 Å². The first-order valence-electron chi connectivity index (χ1n) is 8.81. The van der Waals surface area contributed by atoms with E-state index >= 15 is 0 Å². The van der Waals surface area contributed by atoms with Gasteiger partial charge >= 0.3 is 6.03 Å². The summed E-state index contributed by atoms with van der Waals surface area (Å²) in [7, 11) is 4.09. The second kappa shape index (κ2) is 8.16. The predicted molar refractivity (Wildman–Crippen MR) is 89.0 cm³/mol. The van der Waals surface area contributed by atoms with Crippen molar-refractivity contribution in [2.75, 3.05) is 33.8 Å². The summed E-state index contributed by atoms with van der Waals surface area (Å²) in [6, 6.07) is 0.628. The largest absolute Gasteiger partial charge is 0.378 e. The molecular formula is C17H33N3O2. The molecule has 5 nitrogen and oxygen atoms in total. The summed E-state index contributed by atoms with van der Waals surface area (Å²) >= 11 is 0. The van der Waals surface area contributed by atoms with E-state index in [2.05, 4.69) is 31.1 Å². The molecule has 0 aromatic carbocycles. The van der Waals surface area contributed by atoms with Crippen molar-refractivity contribution in [2.24, 2.45) is 5.92 Å². The summed E-state index contributed by atoms with van der Waals surface area (Å²) in [5.41, 5.74) is 0. The molecule has 22 heavy (non-hydrogen) atoms. The monoisotopic (exact) mass is 311 g/mol. The Morgan fingerprint density at radius 3 is 2.86 bits per heavy atom. The Morgan fingerprint density at radius 1 is 1.45 bits per heavy atom. The summed E-state index contributed by atoms with van der Waals surface area (Å²) in [5.74, 6) is 0.525. The number of rotatable bonds is 5. The van der Waals surface area contributed by atoms with Crippen LogP contribution in [-0.2, 0) is 4.74 Å². The molecule has 128 valence electrons. The van der Waals surface area contributed by atoms with Crippen LogP contribution in [0.15, 0.2) is 0 Å². The lowest BCUT2D eigenvalue weighted by atomic mass is 9.93. The third kappa shape index (κ3) is 4.85. The third-order valence-corrected chi connectivity index (χ3v) is 5.20. The second-order valence-electron chi connectivity index (χ2n) is 7.27. The highest BCUT2D eigenvalue weighted by molar-refractivity contribution is 5.74. The van der Waals surface area contributed by atoms with Gasteiger partial charge in [-0.1, -0.05) is 6.92 Å². The Labute approximate surface area is 135 Å². The summed E-state index contributed by atoms with van der Waals surface area (Å²) in [4.78, 5) is 16.7. The van der Waals surface area contributed by atoms with Gasteiger partial charge in [-0.2, -0.15) is 0 Å². The molecule has 2 rings (SSSR count). The van der Waals surface area contributed by atoms with Gasteiger partial charge in [-0.3, -0.25) is 0 Å². The number of hydrogen-bond acceptors (Lipinski definition) is 3. The quantitative estimate of drug-likeness (QED) is 0.847. The van der Waals surface area contributed by atoms with Crippen LogP contribution in [-0.4, -0.2) is 67.8 Å². The Morgan fingerprint density at radius 2 is 2.23 bits per heavy atom. The number of hydrogen-bond donors (Lipinski definition) is 1. The van der Waals surface area contributed by atoms with Crippen LogP contribution >= 0.6 is 0 Å². The van der Waals surface area contributed by atoms with Crippen LogP contribution in [0.5, 0.6) is 0 Å². The maximum atomic E-state index is 12.4. The van der Waals surface area contributed by atoms with Crippen molar-refractivity contribution >= 4 is 6.03 Å². The molecule has 5 heteroatoms. The van der Waals surface area contributed by atoms with E-state index in [0.717, 1.165) is 39.0 Å². The number of urea groups is 1. The minimum absolute atomic E-state index is 0.0706. The molecule has 0 aromatic rings. The zero-order chi connectivity index (χ0) is 16.1. The van der Waals surface area contributed by atoms with Crippen molar-refractivity contribution in [3.8, 4) is 0 Å². The van der Waals surface area contributed by atoms with Gasteiger partial charge in [0.05, 0.1) is 6.10 Å². The van der Waals surface area contributed by atoms with Gasteiger partial charge in [0.1, 0.15) is 0 Å². The summed E-state index contributed by atoms with van der Waals surface area (Å²) in [6.07, 6.45) is 5.87. The molecule has 0 saturated carbocycles. The molecule has 2 heterocycles. The lowest BCUT2D eigenvalue weighted by Gasteiger charge is -2.40. The molecule has 0 aromatic heterocycles. The van der Waals surface area contributed by atoms with Gasteiger partial charge < -0.3 is 19.9 Å². The van der Waals surface area contributed by atoms with E-state index in [0.29, 0.717) is 18.1 Å². The van der Waals surface area contributed by atoms with E-state index in [4.69, 9.17) is 4.74 Å². The number of ether oxygens (including phenoxy) is 1. The van der Waals surface area contributed by atoms with Crippen molar-refractivity contribution in [1.29, 1.82) is 0 Å².